The van der Waals surface area contributed by atoms with Gasteiger partial charge in [0.25, 0.3) is 5.91 Å². The summed E-state index contributed by atoms with van der Waals surface area (Å²) in [4.78, 5) is 22.0. The predicted octanol–water partition coefficient (Wildman–Crippen LogP) is 0.0363. The highest BCUT2D eigenvalue weighted by Crippen LogP contribution is 2.16. The van der Waals surface area contributed by atoms with Gasteiger partial charge in [0, 0.05) is 14.1 Å². The number of carbonyl (C=O) groups is 2. The zero-order valence-electron chi connectivity index (χ0n) is 9.40. The van der Waals surface area contributed by atoms with Crippen LogP contribution in [0, 0.1) is 0 Å². The molecule has 0 heterocycles. The van der Waals surface area contributed by atoms with Crippen molar-refractivity contribution in [3.05, 3.63) is 0 Å². The van der Waals surface area contributed by atoms with Gasteiger partial charge in [-0.15, -0.1) is 0 Å². The van der Waals surface area contributed by atoms with Crippen LogP contribution >= 0.6 is 0 Å². The summed E-state index contributed by atoms with van der Waals surface area (Å²) in [5.41, 5.74) is 0.610. The molecule has 94 valence electrons. The standard InChI is InChI=1S/C8H14F3N3O2/c1-7(2,5(15)13-14(3)4)12-6(16)8(9,10)11/h1-4H3,(H,12,16)(H,13,15). The van der Waals surface area contributed by atoms with Crippen molar-refractivity contribution in [1.82, 2.24) is 15.8 Å². The first-order chi connectivity index (χ1) is 6.97. The molecule has 2 N–H and O–H groups in total. The number of carbonyl (C=O) groups excluding carboxylic acids is 2. The van der Waals surface area contributed by atoms with Crippen LogP contribution in [0.25, 0.3) is 0 Å². The monoisotopic (exact) mass is 241 g/mol. The third kappa shape index (κ3) is 4.47. The summed E-state index contributed by atoms with van der Waals surface area (Å²) in [7, 11) is 3.00. The van der Waals surface area contributed by atoms with Crippen LogP contribution in [-0.4, -0.2) is 42.6 Å². The van der Waals surface area contributed by atoms with Crippen molar-refractivity contribution in [2.45, 2.75) is 25.6 Å². The molecule has 0 aliphatic heterocycles. The van der Waals surface area contributed by atoms with E-state index in [1.165, 1.54) is 33.0 Å². The number of nitrogens with one attached hydrogen (secondary N) is 2. The molecule has 0 spiro atoms. The Balaban J connectivity index is 4.57. The largest absolute Gasteiger partial charge is 0.471 e. The van der Waals surface area contributed by atoms with E-state index < -0.39 is 23.5 Å². The lowest BCUT2D eigenvalue weighted by molar-refractivity contribution is -0.176. The van der Waals surface area contributed by atoms with Crippen LogP contribution in [0.15, 0.2) is 0 Å². The normalized spacial score (nSPS) is 12.5. The number of alkyl halides is 3. The Morgan fingerprint density at radius 1 is 1.06 bits per heavy atom. The molecule has 0 fully saturated rings. The maximum atomic E-state index is 12.0. The van der Waals surface area contributed by atoms with Crippen LogP contribution in [0.1, 0.15) is 13.8 Å². The summed E-state index contributed by atoms with van der Waals surface area (Å²) in [6.45, 7) is 2.35. The molecule has 0 aliphatic rings. The number of halogens is 3. The number of nitrogens with zero attached hydrogens (tertiary/aromatic N) is 1. The molecule has 0 aromatic heterocycles. The van der Waals surface area contributed by atoms with E-state index in [1.54, 1.807) is 5.32 Å². The summed E-state index contributed by atoms with van der Waals surface area (Å²) >= 11 is 0. The van der Waals surface area contributed by atoms with Gasteiger partial charge in [0.15, 0.2) is 0 Å². The summed E-state index contributed by atoms with van der Waals surface area (Å²) in [5.74, 6) is -2.89. The summed E-state index contributed by atoms with van der Waals surface area (Å²) in [6.07, 6.45) is -5.00. The van der Waals surface area contributed by atoms with Crippen molar-refractivity contribution in [3.63, 3.8) is 0 Å². The Bertz CT molecular complexity index is 287. The SMILES string of the molecule is CN(C)NC(=O)C(C)(C)NC(=O)C(F)(F)F. The maximum absolute atomic E-state index is 12.0. The van der Waals surface area contributed by atoms with Gasteiger partial charge in [-0.3, -0.25) is 15.0 Å². The van der Waals surface area contributed by atoms with E-state index in [9.17, 15) is 22.8 Å². The molecule has 0 unspecified atom stereocenters. The van der Waals surface area contributed by atoms with Crippen LogP contribution in [0.5, 0.6) is 0 Å². The van der Waals surface area contributed by atoms with Gasteiger partial charge < -0.3 is 5.32 Å². The first-order valence-electron chi connectivity index (χ1n) is 4.34. The first-order valence-corrected chi connectivity index (χ1v) is 4.34. The van der Waals surface area contributed by atoms with E-state index >= 15 is 0 Å². The van der Waals surface area contributed by atoms with Gasteiger partial charge in [-0.05, 0) is 13.8 Å². The van der Waals surface area contributed by atoms with Crippen molar-refractivity contribution in [2.24, 2.45) is 0 Å². The second-order valence-electron chi connectivity index (χ2n) is 3.91. The van der Waals surface area contributed by atoms with Gasteiger partial charge in [-0.1, -0.05) is 0 Å². The van der Waals surface area contributed by atoms with E-state index in [-0.39, 0.29) is 0 Å². The Labute approximate surface area is 90.9 Å². The third-order valence-electron chi connectivity index (χ3n) is 1.58. The number of rotatable bonds is 3. The molecule has 0 bridgehead atoms. The summed E-state index contributed by atoms with van der Waals surface area (Å²) in [5, 5.41) is 2.87. The van der Waals surface area contributed by atoms with E-state index in [1.807, 2.05) is 0 Å². The van der Waals surface area contributed by atoms with E-state index in [4.69, 9.17) is 0 Å². The smallest absolute Gasteiger partial charge is 0.334 e. The lowest BCUT2D eigenvalue weighted by atomic mass is 10.1. The number of hydrogen-bond donors (Lipinski definition) is 2. The molecule has 0 saturated heterocycles. The molecule has 0 radical (unpaired) electrons. The van der Waals surface area contributed by atoms with Crippen molar-refractivity contribution >= 4 is 11.8 Å². The second-order valence-corrected chi connectivity index (χ2v) is 3.91. The van der Waals surface area contributed by atoms with Crippen molar-refractivity contribution < 1.29 is 22.8 Å². The topological polar surface area (TPSA) is 61.4 Å². The second kappa shape index (κ2) is 4.69. The van der Waals surface area contributed by atoms with E-state index in [0.717, 1.165) is 0 Å². The molecule has 0 atom stereocenters. The molecule has 0 aromatic carbocycles. The zero-order chi connectivity index (χ0) is 13.1. The van der Waals surface area contributed by atoms with Crippen LogP contribution in [0.4, 0.5) is 13.2 Å². The van der Waals surface area contributed by atoms with Gasteiger partial charge in [0.05, 0.1) is 0 Å². The number of amides is 2. The molecule has 0 aliphatic carbocycles. The molecular formula is C8H14F3N3O2. The lowest BCUT2D eigenvalue weighted by Crippen LogP contribution is -2.59. The fourth-order valence-electron chi connectivity index (χ4n) is 0.754. The highest BCUT2D eigenvalue weighted by molar-refractivity contribution is 5.92. The van der Waals surface area contributed by atoms with Gasteiger partial charge in [0.1, 0.15) is 5.54 Å². The minimum absolute atomic E-state index is 0.741. The predicted molar refractivity (Wildman–Crippen MR) is 50.1 cm³/mol. The van der Waals surface area contributed by atoms with Crippen molar-refractivity contribution in [2.75, 3.05) is 14.1 Å². The molecule has 16 heavy (non-hydrogen) atoms. The molecular weight excluding hydrogens is 227 g/mol. The van der Waals surface area contributed by atoms with Gasteiger partial charge in [-0.2, -0.15) is 13.2 Å². The molecule has 8 heteroatoms. The minimum atomic E-state index is -5.00. The fourth-order valence-corrected chi connectivity index (χ4v) is 0.754. The molecule has 0 rings (SSSR count). The lowest BCUT2D eigenvalue weighted by Gasteiger charge is -2.27. The Kier molecular flexibility index (Phi) is 4.30. The van der Waals surface area contributed by atoms with Crippen LogP contribution in [0.2, 0.25) is 0 Å². The average Bonchev–Trinajstić information content (AvgIpc) is 1.99. The van der Waals surface area contributed by atoms with Gasteiger partial charge >= 0.3 is 12.1 Å². The quantitative estimate of drug-likeness (QED) is 0.686. The Hall–Kier alpha value is -1.31. The van der Waals surface area contributed by atoms with Gasteiger partial charge in [-0.25, -0.2) is 5.01 Å². The van der Waals surface area contributed by atoms with E-state index in [0.29, 0.717) is 0 Å². The summed E-state index contributed by atoms with van der Waals surface area (Å²) in [6, 6.07) is 0. The molecule has 5 nitrogen and oxygen atoms in total. The fraction of sp³-hybridized carbons (Fsp3) is 0.750. The first kappa shape index (κ1) is 14.7. The molecule has 2 amide bonds. The maximum Gasteiger partial charge on any atom is 0.471 e. The van der Waals surface area contributed by atoms with Crippen LogP contribution in [-0.2, 0) is 9.59 Å². The number of hydrogen-bond acceptors (Lipinski definition) is 3. The van der Waals surface area contributed by atoms with Crippen molar-refractivity contribution in [3.8, 4) is 0 Å². The van der Waals surface area contributed by atoms with Crippen LogP contribution in [0.3, 0.4) is 0 Å². The van der Waals surface area contributed by atoms with Crippen LogP contribution < -0.4 is 10.7 Å². The highest BCUT2D eigenvalue weighted by Gasteiger charge is 2.43. The molecule has 0 aromatic rings. The Morgan fingerprint density at radius 3 is 1.81 bits per heavy atom. The average molecular weight is 241 g/mol. The highest BCUT2D eigenvalue weighted by atomic mass is 19.4. The summed E-state index contributed by atoms with van der Waals surface area (Å²) < 4.78 is 35.9. The van der Waals surface area contributed by atoms with Gasteiger partial charge in [0.2, 0.25) is 0 Å². The third-order valence-corrected chi connectivity index (χ3v) is 1.58. The van der Waals surface area contributed by atoms with E-state index in [2.05, 4.69) is 5.43 Å². The number of hydrazine groups is 1. The molecule has 0 saturated carbocycles. The zero-order valence-corrected chi connectivity index (χ0v) is 9.40. The minimum Gasteiger partial charge on any atom is -0.334 e. The Morgan fingerprint density at radius 2 is 1.50 bits per heavy atom. The van der Waals surface area contributed by atoms with Crippen molar-refractivity contribution in [1.29, 1.82) is 0 Å².